The molecule has 4 heteroatoms. The highest BCUT2D eigenvalue weighted by atomic mass is 16.6. The molecule has 1 aliphatic heterocycles. The number of aliphatic hydroxyl groups excluding tert-OH is 1. The van der Waals surface area contributed by atoms with Crippen molar-refractivity contribution in [2.24, 2.45) is 5.73 Å². The molecule has 1 aromatic rings. The zero-order chi connectivity index (χ0) is 10.8. The van der Waals surface area contributed by atoms with Crippen LogP contribution in [0.3, 0.4) is 0 Å². The molecular weight excluding hydrogens is 194 g/mol. The van der Waals surface area contributed by atoms with Crippen molar-refractivity contribution in [3.8, 4) is 11.5 Å². The number of hydrogen-bond donors (Lipinski definition) is 2. The van der Waals surface area contributed by atoms with Crippen LogP contribution in [0.2, 0.25) is 0 Å². The van der Waals surface area contributed by atoms with Crippen LogP contribution in [0.5, 0.6) is 11.5 Å². The summed E-state index contributed by atoms with van der Waals surface area (Å²) in [6, 6.07) is 3.78. The summed E-state index contributed by atoms with van der Waals surface area (Å²) in [5, 5.41) is 9.75. The summed E-state index contributed by atoms with van der Waals surface area (Å²) in [6.07, 6.45) is -0.694. The van der Waals surface area contributed by atoms with E-state index < -0.39 is 6.10 Å². The first-order chi connectivity index (χ1) is 7.22. The lowest BCUT2D eigenvalue weighted by molar-refractivity contribution is 0.149. The van der Waals surface area contributed by atoms with Gasteiger partial charge in [-0.25, -0.2) is 0 Å². The van der Waals surface area contributed by atoms with E-state index in [1.165, 1.54) is 0 Å². The molecule has 0 saturated heterocycles. The molecule has 0 saturated carbocycles. The Kier molecular flexibility index (Phi) is 2.79. The maximum Gasteiger partial charge on any atom is 0.167 e. The molecule has 1 heterocycles. The normalized spacial score (nSPS) is 16.2. The van der Waals surface area contributed by atoms with E-state index in [1.54, 1.807) is 0 Å². The van der Waals surface area contributed by atoms with Gasteiger partial charge in [0.1, 0.15) is 13.2 Å². The first-order valence-electron chi connectivity index (χ1n) is 5.00. The lowest BCUT2D eigenvalue weighted by Crippen LogP contribution is -2.19. The average molecular weight is 209 g/mol. The number of nitrogens with two attached hydrogens (primary N) is 1. The fourth-order valence-electron chi connectivity index (χ4n) is 1.70. The van der Waals surface area contributed by atoms with Crippen LogP contribution in [0.1, 0.15) is 17.2 Å². The van der Waals surface area contributed by atoms with Gasteiger partial charge >= 0.3 is 0 Å². The Morgan fingerprint density at radius 1 is 1.40 bits per heavy atom. The van der Waals surface area contributed by atoms with Crippen LogP contribution in [0.25, 0.3) is 0 Å². The molecule has 2 rings (SSSR count). The molecule has 3 N–H and O–H groups in total. The number of rotatable bonds is 2. The lowest BCUT2D eigenvalue weighted by atomic mass is 10.0. The zero-order valence-electron chi connectivity index (χ0n) is 8.69. The standard InChI is InChI=1S/C11H15NO3/c1-7-4-8(9(13)6-12)11-10(5-7)14-2-3-15-11/h4-5,9,13H,2-3,6,12H2,1H3. The first-order valence-corrected chi connectivity index (χ1v) is 5.00. The summed E-state index contributed by atoms with van der Waals surface area (Å²) >= 11 is 0. The smallest absolute Gasteiger partial charge is 0.167 e. The number of aryl methyl sites for hydroxylation is 1. The molecule has 0 aromatic heterocycles. The largest absolute Gasteiger partial charge is 0.486 e. The van der Waals surface area contributed by atoms with Crippen LogP contribution in [0.4, 0.5) is 0 Å². The summed E-state index contributed by atoms with van der Waals surface area (Å²) in [7, 11) is 0. The SMILES string of the molecule is Cc1cc2c(c(C(O)CN)c1)OCCO2. The predicted molar refractivity (Wildman–Crippen MR) is 56.2 cm³/mol. The Hall–Kier alpha value is -1.26. The van der Waals surface area contributed by atoms with Gasteiger partial charge in [-0.15, -0.1) is 0 Å². The van der Waals surface area contributed by atoms with E-state index in [-0.39, 0.29) is 6.54 Å². The molecule has 1 aliphatic rings. The van der Waals surface area contributed by atoms with Gasteiger partial charge in [-0.2, -0.15) is 0 Å². The number of ether oxygens (including phenoxy) is 2. The van der Waals surface area contributed by atoms with E-state index in [0.717, 1.165) is 5.56 Å². The topological polar surface area (TPSA) is 64.7 Å². The summed E-state index contributed by atoms with van der Waals surface area (Å²) < 4.78 is 11.0. The number of fused-ring (bicyclic) bond motifs is 1. The van der Waals surface area contributed by atoms with Gasteiger partial charge in [-0.3, -0.25) is 0 Å². The molecule has 0 fully saturated rings. The van der Waals surface area contributed by atoms with Crippen LogP contribution < -0.4 is 15.2 Å². The fraction of sp³-hybridized carbons (Fsp3) is 0.455. The van der Waals surface area contributed by atoms with Crippen LogP contribution in [-0.4, -0.2) is 24.9 Å². The molecule has 1 unspecified atom stereocenters. The summed E-state index contributed by atoms with van der Waals surface area (Å²) in [5.41, 5.74) is 7.19. The van der Waals surface area contributed by atoms with Crippen molar-refractivity contribution in [3.63, 3.8) is 0 Å². The maximum absolute atomic E-state index is 9.75. The molecular formula is C11H15NO3. The molecule has 0 aliphatic carbocycles. The van der Waals surface area contributed by atoms with Gasteiger partial charge in [0.15, 0.2) is 11.5 Å². The second-order valence-corrected chi connectivity index (χ2v) is 3.63. The monoisotopic (exact) mass is 209 g/mol. The Balaban J connectivity index is 2.47. The molecule has 0 amide bonds. The van der Waals surface area contributed by atoms with Gasteiger partial charge in [0.2, 0.25) is 0 Å². The third kappa shape index (κ3) is 1.91. The minimum absolute atomic E-state index is 0.180. The van der Waals surface area contributed by atoms with Crippen molar-refractivity contribution in [1.82, 2.24) is 0 Å². The second-order valence-electron chi connectivity index (χ2n) is 3.63. The van der Waals surface area contributed by atoms with Gasteiger partial charge in [0.25, 0.3) is 0 Å². The Morgan fingerprint density at radius 2 is 2.13 bits per heavy atom. The Labute approximate surface area is 88.6 Å². The fourth-order valence-corrected chi connectivity index (χ4v) is 1.70. The minimum atomic E-state index is -0.694. The van der Waals surface area contributed by atoms with Crippen molar-refractivity contribution in [3.05, 3.63) is 23.3 Å². The summed E-state index contributed by atoms with van der Waals surface area (Å²) in [6.45, 7) is 3.19. The van der Waals surface area contributed by atoms with E-state index in [0.29, 0.717) is 30.3 Å². The highest BCUT2D eigenvalue weighted by Gasteiger charge is 2.20. The summed E-state index contributed by atoms with van der Waals surface area (Å²) in [5.74, 6) is 1.33. The van der Waals surface area contributed by atoms with Crippen LogP contribution in [0.15, 0.2) is 12.1 Å². The average Bonchev–Trinajstić information content (AvgIpc) is 2.26. The van der Waals surface area contributed by atoms with Gasteiger partial charge in [0, 0.05) is 12.1 Å². The van der Waals surface area contributed by atoms with E-state index in [4.69, 9.17) is 15.2 Å². The molecule has 82 valence electrons. The van der Waals surface area contributed by atoms with Crippen LogP contribution in [0, 0.1) is 6.92 Å². The third-order valence-electron chi connectivity index (χ3n) is 2.40. The number of aliphatic hydroxyl groups is 1. The molecule has 0 spiro atoms. The van der Waals surface area contributed by atoms with Crippen LogP contribution >= 0.6 is 0 Å². The molecule has 0 bridgehead atoms. The predicted octanol–water partition coefficient (Wildman–Crippen LogP) is 0.758. The van der Waals surface area contributed by atoms with Crippen molar-refractivity contribution < 1.29 is 14.6 Å². The maximum atomic E-state index is 9.75. The van der Waals surface area contributed by atoms with Gasteiger partial charge < -0.3 is 20.3 Å². The molecule has 1 atom stereocenters. The minimum Gasteiger partial charge on any atom is -0.486 e. The lowest BCUT2D eigenvalue weighted by Gasteiger charge is -2.23. The van der Waals surface area contributed by atoms with E-state index in [9.17, 15) is 5.11 Å². The molecule has 0 radical (unpaired) electrons. The number of hydrogen-bond acceptors (Lipinski definition) is 4. The van der Waals surface area contributed by atoms with Gasteiger partial charge in [-0.1, -0.05) is 0 Å². The third-order valence-corrected chi connectivity index (χ3v) is 2.40. The highest BCUT2D eigenvalue weighted by molar-refractivity contribution is 5.51. The van der Waals surface area contributed by atoms with E-state index in [2.05, 4.69) is 0 Å². The summed E-state index contributed by atoms with van der Waals surface area (Å²) in [4.78, 5) is 0. The van der Waals surface area contributed by atoms with Crippen molar-refractivity contribution >= 4 is 0 Å². The molecule has 4 nitrogen and oxygen atoms in total. The van der Waals surface area contributed by atoms with Crippen molar-refractivity contribution in [2.75, 3.05) is 19.8 Å². The van der Waals surface area contributed by atoms with E-state index in [1.807, 2.05) is 19.1 Å². The van der Waals surface area contributed by atoms with Crippen LogP contribution in [-0.2, 0) is 0 Å². The molecule has 15 heavy (non-hydrogen) atoms. The van der Waals surface area contributed by atoms with E-state index >= 15 is 0 Å². The van der Waals surface area contributed by atoms with Gasteiger partial charge in [-0.05, 0) is 24.6 Å². The Morgan fingerprint density at radius 3 is 2.87 bits per heavy atom. The van der Waals surface area contributed by atoms with Crippen molar-refractivity contribution in [2.45, 2.75) is 13.0 Å². The second kappa shape index (κ2) is 4.08. The molecule has 1 aromatic carbocycles. The zero-order valence-corrected chi connectivity index (χ0v) is 8.69. The number of benzene rings is 1. The quantitative estimate of drug-likeness (QED) is 0.754. The van der Waals surface area contributed by atoms with Crippen molar-refractivity contribution in [1.29, 1.82) is 0 Å². The first kappa shape index (κ1) is 10.3. The highest BCUT2D eigenvalue weighted by Crippen LogP contribution is 2.37. The van der Waals surface area contributed by atoms with Gasteiger partial charge in [0.05, 0.1) is 6.10 Å². The Bertz CT molecular complexity index is 365.